The summed E-state index contributed by atoms with van der Waals surface area (Å²) in [5, 5.41) is 0.151. The Morgan fingerprint density at radius 3 is 2.80 bits per heavy atom. The van der Waals surface area contributed by atoms with Gasteiger partial charge in [-0.1, -0.05) is 18.2 Å². The van der Waals surface area contributed by atoms with Crippen molar-refractivity contribution in [2.45, 2.75) is 0 Å². The van der Waals surface area contributed by atoms with Gasteiger partial charge in [0.2, 0.25) is 0 Å². The Hall–Kier alpha value is -0.960. The summed E-state index contributed by atoms with van der Waals surface area (Å²) in [6.45, 7) is 3.33. The molecule has 0 saturated heterocycles. The van der Waals surface area contributed by atoms with Gasteiger partial charge < -0.3 is 10.5 Å². The third kappa shape index (κ3) is 5.18. The Morgan fingerprint density at radius 2 is 2.40 bits per heavy atom. The minimum atomic E-state index is 0.151. The SMILES string of the molecule is C=C(Cl)N=C(N)/C=C/OC. The number of amidine groups is 1. The smallest absolute Gasteiger partial charge is 0.128 e. The zero-order valence-corrected chi connectivity index (χ0v) is 6.43. The molecule has 2 N–H and O–H groups in total. The molecular weight excluding hydrogens is 152 g/mol. The molecule has 0 aromatic rings. The summed E-state index contributed by atoms with van der Waals surface area (Å²) in [7, 11) is 1.51. The third-order valence-corrected chi connectivity index (χ3v) is 0.710. The summed E-state index contributed by atoms with van der Waals surface area (Å²) in [5.41, 5.74) is 5.30. The second kappa shape index (κ2) is 4.88. The Balaban J connectivity index is 3.94. The van der Waals surface area contributed by atoms with Crippen molar-refractivity contribution in [1.82, 2.24) is 0 Å². The molecule has 0 aliphatic rings. The first-order valence-electron chi connectivity index (χ1n) is 2.54. The van der Waals surface area contributed by atoms with E-state index in [1.165, 1.54) is 19.4 Å². The summed E-state index contributed by atoms with van der Waals surface area (Å²) < 4.78 is 4.58. The lowest BCUT2D eigenvalue weighted by atomic mass is 10.6. The van der Waals surface area contributed by atoms with Crippen LogP contribution in [0.1, 0.15) is 0 Å². The van der Waals surface area contributed by atoms with E-state index >= 15 is 0 Å². The van der Waals surface area contributed by atoms with Gasteiger partial charge in [-0.2, -0.15) is 0 Å². The molecule has 4 heteroatoms. The number of nitrogens with two attached hydrogens (primary N) is 1. The Bertz CT molecular complexity index is 175. The summed E-state index contributed by atoms with van der Waals surface area (Å²) >= 11 is 5.31. The Kier molecular flexibility index (Phi) is 4.41. The highest BCUT2D eigenvalue weighted by atomic mass is 35.5. The van der Waals surface area contributed by atoms with Crippen LogP contribution in [0.4, 0.5) is 0 Å². The number of aliphatic imine (C=N–C) groups is 1. The minimum Gasteiger partial charge on any atom is -0.504 e. The van der Waals surface area contributed by atoms with Crippen molar-refractivity contribution in [3.05, 3.63) is 24.1 Å². The molecule has 0 unspecified atom stereocenters. The Labute approximate surface area is 64.8 Å². The highest BCUT2D eigenvalue weighted by Gasteiger charge is 1.83. The van der Waals surface area contributed by atoms with Crippen LogP contribution < -0.4 is 5.73 Å². The molecule has 0 aromatic heterocycles. The molecule has 0 bridgehead atoms. The van der Waals surface area contributed by atoms with Crippen LogP contribution in [0, 0.1) is 0 Å². The number of hydrogen-bond acceptors (Lipinski definition) is 2. The van der Waals surface area contributed by atoms with Gasteiger partial charge in [-0.3, -0.25) is 0 Å². The molecule has 0 heterocycles. The van der Waals surface area contributed by atoms with Gasteiger partial charge in [0, 0.05) is 6.08 Å². The topological polar surface area (TPSA) is 47.6 Å². The number of hydrogen-bond donors (Lipinski definition) is 1. The lowest BCUT2D eigenvalue weighted by Crippen LogP contribution is -2.07. The average Bonchev–Trinajstić information content (AvgIpc) is 1.82. The lowest BCUT2D eigenvalue weighted by molar-refractivity contribution is 0.338. The van der Waals surface area contributed by atoms with Crippen LogP contribution in [0.3, 0.4) is 0 Å². The number of ether oxygens (including phenoxy) is 1. The molecule has 0 saturated carbocycles. The van der Waals surface area contributed by atoms with Crippen LogP contribution >= 0.6 is 11.6 Å². The van der Waals surface area contributed by atoms with Gasteiger partial charge in [0.05, 0.1) is 13.4 Å². The van der Waals surface area contributed by atoms with Gasteiger partial charge >= 0.3 is 0 Å². The highest BCUT2D eigenvalue weighted by molar-refractivity contribution is 6.29. The van der Waals surface area contributed by atoms with Gasteiger partial charge in [0.25, 0.3) is 0 Å². The van der Waals surface area contributed by atoms with E-state index in [4.69, 9.17) is 17.3 Å². The number of rotatable bonds is 3. The molecule has 0 aromatic carbocycles. The van der Waals surface area contributed by atoms with Crippen molar-refractivity contribution in [2.24, 2.45) is 10.7 Å². The number of halogens is 1. The first-order chi connectivity index (χ1) is 4.66. The van der Waals surface area contributed by atoms with Crippen molar-refractivity contribution in [2.75, 3.05) is 7.11 Å². The van der Waals surface area contributed by atoms with E-state index in [9.17, 15) is 0 Å². The molecule has 10 heavy (non-hydrogen) atoms. The molecule has 56 valence electrons. The van der Waals surface area contributed by atoms with Crippen LogP contribution in [0.25, 0.3) is 0 Å². The third-order valence-electron chi connectivity index (χ3n) is 0.625. The van der Waals surface area contributed by atoms with Gasteiger partial charge in [0.1, 0.15) is 11.0 Å². The quantitative estimate of drug-likeness (QED) is 0.292. The highest BCUT2D eigenvalue weighted by Crippen LogP contribution is 1.96. The van der Waals surface area contributed by atoms with Crippen molar-refractivity contribution >= 4 is 17.4 Å². The second-order valence-electron chi connectivity index (χ2n) is 1.45. The molecule has 0 rings (SSSR count). The first-order valence-corrected chi connectivity index (χ1v) is 2.92. The van der Waals surface area contributed by atoms with E-state index in [-0.39, 0.29) is 11.0 Å². The molecule has 0 radical (unpaired) electrons. The second-order valence-corrected chi connectivity index (χ2v) is 1.89. The summed E-state index contributed by atoms with van der Waals surface area (Å²) in [6, 6.07) is 0. The summed E-state index contributed by atoms with van der Waals surface area (Å²) in [4.78, 5) is 3.61. The summed E-state index contributed by atoms with van der Waals surface area (Å²) in [6.07, 6.45) is 2.88. The van der Waals surface area contributed by atoms with Crippen LogP contribution in [0.5, 0.6) is 0 Å². The largest absolute Gasteiger partial charge is 0.504 e. The molecule has 0 aliphatic heterocycles. The van der Waals surface area contributed by atoms with E-state index < -0.39 is 0 Å². The predicted octanol–water partition coefficient (Wildman–Crippen LogP) is 1.21. The Morgan fingerprint density at radius 1 is 1.80 bits per heavy atom. The molecular formula is C6H9ClN2O. The molecule has 0 amide bonds. The monoisotopic (exact) mass is 160 g/mol. The summed E-state index contributed by atoms with van der Waals surface area (Å²) in [5.74, 6) is 0.266. The van der Waals surface area contributed by atoms with Gasteiger partial charge in [-0.15, -0.1) is 0 Å². The van der Waals surface area contributed by atoms with Crippen molar-refractivity contribution in [3.8, 4) is 0 Å². The van der Waals surface area contributed by atoms with E-state index in [0.29, 0.717) is 0 Å². The fourth-order valence-electron chi connectivity index (χ4n) is 0.315. The van der Waals surface area contributed by atoms with Crippen molar-refractivity contribution in [3.63, 3.8) is 0 Å². The zero-order valence-electron chi connectivity index (χ0n) is 5.67. The van der Waals surface area contributed by atoms with Gasteiger partial charge in [0.15, 0.2) is 0 Å². The zero-order chi connectivity index (χ0) is 7.98. The van der Waals surface area contributed by atoms with E-state index in [1.807, 2.05) is 0 Å². The van der Waals surface area contributed by atoms with Gasteiger partial charge in [-0.05, 0) is 0 Å². The maximum atomic E-state index is 5.31. The molecule has 0 fully saturated rings. The lowest BCUT2D eigenvalue weighted by Gasteiger charge is -1.89. The van der Waals surface area contributed by atoms with Crippen LogP contribution in [0.2, 0.25) is 0 Å². The van der Waals surface area contributed by atoms with E-state index in [1.54, 1.807) is 0 Å². The standard InChI is InChI=1S/C6H9ClN2O/c1-5(7)9-6(8)3-4-10-2/h3-4H,1H2,2H3,(H2,8,9)/b4-3+. The maximum Gasteiger partial charge on any atom is 0.128 e. The van der Waals surface area contributed by atoms with Gasteiger partial charge in [-0.25, -0.2) is 4.99 Å². The van der Waals surface area contributed by atoms with Crippen LogP contribution in [-0.4, -0.2) is 12.9 Å². The number of methoxy groups -OCH3 is 1. The van der Waals surface area contributed by atoms with Crippen LogP contribution in [0.15, 0.2) is 29.1 Å². The molecule has 0 aliphatic carbocycles. The normalized spacial score (nSPS) is 12.0. The maximum absolute atomic E-state index is 5.31. The molecule has 0 atom stereocenters. The van der Waals surface area contributed by atoms with E-state index in [0.717, 1.165) is 0 Å². The van der Waals surface area contributed by atoms with Crippen molar-refractivity contribution < 1.29 is 4.74 Å². The van der Waals surface area contributed by atoms with Crippen molar-refractivity contribution in [1.29, 1.82) is 0 Å². The number of nitrogens with zero attached hydrogens (tertiary/aromatic N) is 1. The fourth-order valence-corrected chi connectivity index (χ4v) is 0.413. The molecule has 3 nitrogen and oxygen atoms in total. The van der Waals surface area contributed by atoms with Crippen LogP contribution in [-0.2, 0) is 4.74 Å². The average molecular weight is 161 g/mol. The fraction of sp³-hybridized carbons (Fsp3) is 0.167. The predicted molar refractivity (Wildman–Crippen MR) is 42.8 cm³/mol. The van der Waals surface area contributed by atoms with E-state index in [2.05, 4.69) is 16.3 Å². The molecule has 0 spiro atoms. The first kappa shape index (κ1) is 9.04. The minimum absolute atomic E-state index is 0.151.